The maximum absolute atomic E-state index is 10.1. The van der Waals surface area contributed by atoms with E-state index in [4.69, 9.17) is 9.47 Å². The van der Waals surface area contributed by atoms with Crippen molar-refractivity contribution in [3.8, 4) is 11.5 Å². The molecule has 1 aromatic carbocycles. The Morgan fingerprint density at radius 2 is 1.94 bits per heavy atom. The summed E-state index contributed by atoms with van der Waals surface area (Å²) in [4.78, 5) is 0. The highest BCUT2D eigenvalue weighted by molar-refractivity contribution is 5.39. The van der Waals surface area contributed by atoms with Crippen molar-refractivity contribution < 1.29 is 14.6 Å². The lowest BCUT2D eigenvalue weighted by molar-refractivity contribution is 0.0117. The van der Waals surface area contributed by atoms with Gasteiger partial charge < -0.3 is 19.9 Å². The molecular formula is C14H23NO3. The van der Waals surface area contributed by atoms with Gasteiger partial charge in [0.1, 0.15) is 12.2 Å². The molecule has 1 aromatic rings. The van der Waals surface area contributed by atoms with Crippen molar-refractivity contribution in [2.24, 2.45) is 0 Å². The predicted octanol–water partition coefficient (Wildman–Crippen LogP) is 1.82. The van der Waals surface area contributed by atoms with Gasteiger partial charge in [0, 0.05) is 6.54 Å². The number of hydrogen-bond acceptors (Lipinski definition) is 4. The van der Waals surface area contributed by atoms with Gasteiger partial charge in [-0.1, -0.05) is 19.1 Å². The Balaban J connectivity index is 2.47. The van der Waals surface area contributed by atoms with E-state index in [1.807, 2.05) is 24.3 Å². The van der Waals surface area contributed by atoms with Crippen LogP contribution < -0.4 is 14.8 Å². The largest absolute Gasteiger partial charge is 0.493 e. The molecule has 0 spiro atoms. The van der Waals surface area contributed by atoms with Gasteiger partial charge in [0.05, 0.1) is 7.11 Å². The molecule has 0 fully saturated rings. The van der Waals surface area contributed by atoms with Crippen molar-refractivity contribution in [2.45, 2.75) is 25.9 Å². The quantitative estimate of drug-likeness (QED) is 0.694. The van der Waals surface area contributed by atoms with Crippen molar-refractivity contribution in [1.82, 2.24) is 5.32 Å². The van der Waals surface area contributed by atoms with E-state index in [0.29, 0.717) is 18.0 Å². The molecule has 0 saturated heterocycles. The van der Waals surface area contributed by atoms with Crippen LogP contribution in [0.4, 0.5) is 0 Å². The number of aliphatic hydroxyl groups is 1. The monoisotopic (exact) mass is 253 g/mol. The second-order valence-corrected chi connectivity index (χ2v) is 4.61. The predicted molar refractivity (Wildman–Crippen MR) is 72.3 cm³/mol. The normalized spacial score (nSPS) is 14.0. The third kappa shape index (κ3) is 4.94. The van der Waals surface area contributed by atoms with Crippen molar-refractivity contribution >= 4 is 0 Å². The molecule has 18 heavy (non-hydrogen) atoms. The molecule has 0 aliphatic heterocycles. The third-order valence-electron chi connectivity index (χ3n) is 2.54. The zero-order chi connectivity index (χ0) is 13.4. The van der Waals surface area contributed by atoms with E-state index in [-0.39, 0.29) is 6.61 Å². The molecule has 0 radical (unpaired) electrons. The Morgan fingerprint density at radius 1 is 1.28 bits per heavy atom. The van der Waals surface area contributed by atoms with E-state index in [1.165, 1.54) is 0 Å². The molecule has 0 aromatic heterocycles. The molecule has 4 nitrogen and oxygen atoms in total. The summed E-state index contributed by atoms with van der Waals surface area (Å²) < 4.78 is 10.8. The molecule has 1 atom stereocenters. The summed E-state index contributed by atoms with van der Waals surface area (Å²) in [6.45, 7) is 5.48. The van der Waals surface area contributed by atoms with Gasteiger partial charge >= 0.3 is 0 Å². The van der Waals surface area contributed by atoms with Gasteiger partial charge in [-0.3, -0.25) is 0 Å². The fraction of sp³-hybridized carbons (Fsp3) is 0.571. The van der Waals surface area contributed by atoms with Crippen LogP contribution in [0.2, 0.25) is 0 Å². The SMILES string of the molecule is CCCNCC(C)(O)COc1ccccc1OC. The number of benzene rings is 1. The summed E-state index contributed by atoms with van der Waals surface area (Å²) in [5.74, 6) is 1.32. The number of methoxy groups -OCH3 is 1. The van der Waals surface area contributed by atoms with Crippen LogP contribution in [-0.4, -0.2) is 37.5 Å². The molecule has 2 N–H and O–H groups in total. The molecule has 0 amide bonds. The molecule has 0 aliphatic carbocycles. The number of rotatable bonds is 8. The first-order valence-corrected chi connectivity index (χ1v) is 6.28. The average molecular weight is 253 g/mol. The number of hydrogen-bond donors (Lipinski definition) is 2. The molecule has 1 rings (SSSR count). The summed E-state index contributed by atoms with van der Waals surface area (Å²) in [5.41, 5.74) is -0.893. The summed E-state index contributed by atoms with van der Waals surface area (Å²) in [6, 6.07) is 7.42. The Morgan fingerprint density at radius 3 is 2.56 bits per heavy atom. The highest BCUT2D eigenvalue weighted by Crippen LogP contribution is 2.26. The summed E-state index contributed by atoms with van der Waals surface area (Å²) in [6.07, 6.45) is 1.05. The van der Waals surface area contributed by atoms with Crippen LogP contribution in [0.25, 0.3) is 0 Å². The molecule has 102 valence electrons. The fourth-order valence-electron chi connectivity index (χ4n) is 1.56. The van der Waals surface area contributed by atoms with E-state index < -0.39 is 5.60 Å². The first-order valence-electron chi connectivity index (χ1n) is 6.28. The lowest BCUT2D eigenvalue weighted by Crippen LogP contribution is -2.43. The van der Waals surface area contributed by atoms with Crippen LogP contribution in [0.15, 0.2) is 24.3 Å². The van der Waals surface area contributed by atoms with Crippen molar-refractivity contribution in [3.05, 3.63) is 24.3 Å². The van der Waals surface area contributed by atoms with E-state index in [1.54, 1.807) is 14.0 Å². The number of para-hydroxylation sites is 2. The molecule has 4 heteroatoms. The molecule has 0 bridgehead atoms. The standard InChI is InChI=1S/C14H23NO3/c1-4-9-15-10-14(2,16)11-18-13-8-6-5-7-12(13)17-3/h5-8,15-16H,4,9-11H2,1-3H3. The molecule has 0 saturated carbocycles. The van der Waals surface area contributed by atoms with Crippen molar-refractivity contribution in [2.75, 3.05) is 26.8 Å². The third-order valence-corrected chi connectivity index (χ3v) is 2.54. The van der Waals surface area contributed by atoms with Gasteiger partial charge in [0.25, 0.3) is 0 Å². The van der Waals surface area contributed by atoms with Crippen LogP contribution in [0.5, 0.6) is 11.5 Å². The topological polar surface area (TPSA) is 50.7 Å². The van der Waals surface area contributed by atoms with Gasteiger partial charge in [0.2, 0.25) is 0 Å². The first-order chi connectivity index (χ1) is 8.59. The zero-order valence-electron chi connectivity index (χ0n) is 11.4. The minimum Gasteiger partial charge on any atom is -0.493 e. The Hall–Kier alpha value is -1.26. The smallest absolute Gasteiger partial charge is 0.161 e. The zero-order valence-corrected chi connectivity index (χ0v) is 11.4. The van der Waals surface area contributed by atoms with E-state index in [0.717, 1.165) is 13.0 Å². The summed E-state index contributed by atoms with van der Waals surface area (Å²) >= 11 is 0. The first kappa shape index (κ1) is 14.8. The summed E-state index contributed by atoms with van der Waals surface area (Å²) in [5, 5.41) is 13.3. The van der Waals surface area contributed by atoms with Gasteiger partial charge in [-0.25, -0.2) is 0 Å². The molecule has 1 unspecified atom stereocenters. The minimum absolute atomic E-state index is 0.226. The Bertz CT molecular complexity index is 353. The maximum atomic E-state index is 10.1. The van der Waals surface area contributed by atoms with Crippen LogP contribution in [0.3, 0.4) is 0 Å². The van der Waals surface area contributed by atoms with Gasteiger partial charge in [-0.05, 0) is 32.0 Å². The summed E-state index contributed by atoms with van der Waals surface area (Å²) in [7, 11) is 1.60. The number of nitrogens with one attached hydrogen (secondary N) is 1. The second-order valence-electron chi connectivity index (χ2n) is 4.61. The maximum Gasteiger partial charge on any atom is 0.161 e. The van der Waals surface area contributed by atoms with Crippen molar-refractivity contribution in [1.29, 1.82) is 0 Å². The highest BCUT2D eigenvalue weighted by atomic mass is 16.5. The van der Waals surface area contributed by atoms with Crippen LogP contribution in [0, 0.1) is 0 Å². The van der Waals surface area contributed by atoms with Crippen LogP contribution in [0.1, 0.15) is 20.3 Å². The molecule has 0 aliphatic rings. The number of ether oxygens (including phenoxy) is 2. The molecular weight excluding hydrogens is 230 g/mol. The van der Waals surface area contributed by atoms with E-state index >= 15 is 0 Å². The van der Waals surface area contributed by atoms with E-state index in [9.17, 15) is 5.11 Å². The highest BCUT2D eigenvalue weighted by Gasteiger charge is 2.21. The Labute approximate surface area is 109 Å². The molecule has 0 heterocycles. The van der Waals surface area contributed by atoms with Crippen LogP contribution in [-0.2, 0) is 0 Å². The average Bonchev–Trinajstić information content (AvgIpc) is 2.37. The van der Waals surface area contributed by atoms with Crippen LogP contribution >= 0.6 is 0 Å². The second kappa shape index (κ2) is 7.24. The van der Waals surface area contributed by atoms with Gasteiger partial charge in [0.15, 0.2) is 11.5 Å². The van der Waals surface area contributed by atoms with Gasteiger partial charge in [-0.15, -0.1) is 0 Å². The van der Waals surface area contributed by atoms with Gasteiger partial charge in [-0.2, -0.15) is 0 Å². The van der Waals surface area contributed by atoms with E-state index in [2.05, 4.69) is 12.2 Å². The minimum atomic E-state index is -0.893. The lowest BCUT2D eigenvalue weighted by atomic mass is 10.1. The van der Waals surface area contributed by atoms with Crippen molar-refractivity contribution in [3.63, 3.8) is 0 Å². The lowest BCUT2D eigenvalue weighted by Gasteiger charge is -2.24. The Kier molecular flexibility index (Phi) is 5.95. The fourth-order valence-corrected chi connectivity index (χ4v) is 1.56.